The lowest BCUT2D eigenvalue weighted by atomic mass is 10.0. The van der Waals surface area contributed by atoms with E-state index in [0.717, 1.165) is 77.0 Å². The summed E-state index contributed by atoms with van der Waals surface area (Å²) >= 11 is 0. The summed E-state index contributed by atoms with van der Waals surface area (Å²) in [5, 5.41) is 23.8. The molecule has 0 spiro atoms. The van der Waals surface area contributed by atoms with Crippen LogP contribution in [0.15, 0.2) is 48.6 Å². The van der Waals surface area contributed by atoms with Crippen LogP contribution in [0.2, 0.25) is 0 Å². The molecule has 0 rings (SSSR count). The van der Waals surface area contributed by atoms with Crippen molar-refractivity contribution in [3.8, 4) is 0 Å². The lowest BCUT2D eigenvalue weighted by Gasteiger charge is -2.24. The topological polar surface area (TPSA) is 95.9 Å². The van der Waals surface area contributed by atoms with Crippen LogP contribution in [0.5, 0.6) is 0 Å². The standard InChI is InChI=1S/C54H99NO5/c1-4-7-10-13-16-19-22-24-26-27-28-30-32-34-37-40-43-46-52(57)51(49-56)55-53(58)48-50(60-54(59)47-44-41-38-35-21-18-15-12-9-6-3)45-42-39-36-33-31-29-25-23-20-17-14-11-8-5-2/h8,11,17,20,25,29,33,36,50-52,56-57H,4-7,9-10,12-16,18-19,21-24,26-28,30-32,34-35,37-49H2,1-3H3,(H,55,58)/b11-8+,20-17+,29-25+,36-33+. The molecule has 6 heteroatoms. The number of carbonyl (C=O) groups is 2. The Balaban J connectivity index is 4.56. The minimum Gasteiger partial charge on any atom is -0.462 e. The van der Waals surface area contributed by atoms with Crippen LogP contribution in [0.1, 0.15) is 258 Å². The van der Waals surface area contributed by atoms with Gasteiger partial charge in [-0.15, -0.1) is 0 Å². The average Bonchev–Trinajstić information content (AvgIpc) is 3.24. The van der Waals surface area contributed by atoms with Gasteiger partial charge in [0.15, 0.2) is 0 Å². The summed E-state index contributed by atoms with van der Waals surface area (Å²) in [6.45, 7) is 6.35. The van der Waals surface area contributed by atoms with E-state index in [2.05, 4.69) is 74.7 Å². The molecule has 350 valence electrons. The molecule has 3 unspecified atom stereocenters. The van der Waals surface area contributed by atoms with E-state index in [1.807, 2.05) is 0 Å². The van der Waals surface area contributed by atoms with Gasteiger partial charge in [-0.25, -0.2) is 0 Å². The van der Waals surface area contributed by atoms with E-state index < -0.39 is 18.2 Å². The number of hydrogen-bond donors (Lipinski definition) is 3. The van der Waals surface area contributed by atoms with Gasteiger partial charge >= 0.3 is 5.97 Å². The van der Waals surface area contributed by atoms with Gasteiger partial charge in [0.05, 0.1) is 25.2 Å². The maximum atomic E-state index is 13.2. The Kier molecular flexibility index (Phi) is 46.1. The van der Waals surface area contributed by atoms with Gasteiger partial charge in [-0.2, -0.15) is 0 Å². The summed E-state index contributed by atoms with van der Waals surface area (Å²) in [4.78, 5) is 26.1. The van der Waals surface area contributed by atoms with Crippen LogP contribution < -0.4 is 5.32 Å². The molecular weight excluding hydrogens is 743 g/mol. The molecule has 6 nitrogen and oxygen atoms in total. The Hall–Kier alpha value is -2.18. The molecule has 0 aromatic rings. The fourth-order valence-corrected chi connectivity index (χ4v) is 7.78. The van der Waals surface area contributed by atoms with E-state index in [-0.39, 0.29) is 24.9 Å². The van der Waals surface area contributed by atoms with Crippen LogP contribution in [0.25, 0.3) is 0 Å². The van der Waals surface area contributed by atoms with Crippen molar-refractivity contribution in [3.63, 3.8) is 0 Å². The largest absolute Gasteiger partial charge is 0.462 e. The van der Waals surface area contributed by atoms with Gasteiger partial charge in [-0.1, -0.05) is 236 Å². The molecule has 60 heavy (non-hydrogen) atoms. The highest BCUT2D eigenvalue weighted by Crippen LogP contribution is 2.17. The maximum absolute atomic E-state index is 13.2. The molecule has 3 atom stereocenters. The molecule has 0 aliphatic carbocycles. The number of unbranched alkanes of at least 4 members (excludes halogenated alkanes) is 26. The zero-order valence-electron chi connectivity index (χ0n) is 39.8. The molecule has 0 saturated heterocycles. The smallest absolute Gasteiger partial charge is 0.306 e. The van der Waals surface area contributed by atoms with Crippen LogP contribution >= 0.6 is 0 Å². The lowest BCUT2D eigenvalue weighted by molar-refractivity contribution is -0.151. The van der Waals surface area contributed by atoms with Gasteiger partial charge < -0.3 is 20.3 Å². The fourth-order valence-electron chi connectivity index (χ4n) is 7.78. The van der Waals surface area contributed by atoms with E-state index in [1.165, 1.54) is 135 Å². The van der Waals surface area contributed by atoms with Crippen LogP contribution in [0.4, 0.5) is 0 Å². The second-order valence-electron chi connectivity index (χ2n) is 17.5. The van der Waals surface area contributed by atoms with E-state index in [4.69, 9.17) is 4.74 Å². The molecule has 0 bridgehead atoms. The Labute approximate surface area is 372 Å². The molecule has 0 heterocycles. The van der Waals surface area contributed by atoms with Crippen molar-refractivity contribution < 1.29 is 24.5 Å². The summed E-state index contributed by atoms with van der Waals surface area (Å²) < 4.78 is 5.89. The van der Waals surface area contributed by atoms with Crippen LogP contribution in [-0.4, -0.2) is 46.9 Å². The van der Waals surface area contributed by atoms with E-state index >= 15 is 0 Å². The number of nitrogens with one attached hydrogen (secondary N) is 1. The highest BCUT2D eigenvalue weighted by molar-refractivity contribution is 5.77. The number of amides is 1. The summed E-state index contributed by atoms with van der Waals surface area (Å²) in [5.41, 5.74) is 0. The van der Waals surface area contributed by atoms with Crippen molar-refractivity contribution in [2.45, 2.75) is 277 Å². The molecular formula is C54H99NO5. The number of ether oxygens (including phenoxy) is 1. The van der Waals surface area contributed by atoms with Gasteiger partial charge in [-0.05, 0) is 57.8 Å². The minimum atomic E-state index is -0.800. The van der Waals surface area contributed by atoms with Crippen molar-refractivity contribution in [3.05, 3.63) is 48.6 Å². The van der Waals surface area contributed by atoms with Gasteiger partial charge in [0, 0.05) is 6.42 Å². The summed E-state index contributed by atoms with van der Waals surface area (Å²) in [6.07, 6.45) is 57.5. The SMILES string of the molecule is CC/C=C/C/C=C/C/C=C/C/C=C/CCCC(CC(=O)NC(CO)C(O)CCCCCCCCCCCCCCCCCCC)OC(=O)CCCCCCCCCCCC. The third-order valence-electron chi connectivity index (χ3n) is 11.7. The first-order chi connectivity index (χ1) is 29.5. The highest BCUT2D eigenvalue weighted by Gasteiger charge is 2.24. The molecule has 3 N–H and O–H groups in total. The number of rotatable bonds is 46. The summed E-state index contributed by atoms with van der Waals surface area (Å²) in [5.74, 6) is -0.524. The number of hydrogen-bond acceptors (Lipinski definition) is 5. The Bertz CT molecular complexity index is 1040. The second-order valence-corrected chi connectivity index (χ2v) is 17.5. The average molecular weight is 842 g/mol. The molecule has 0 aliphatic heterocycles. The van der Waals surface area contributed by atoms with Gasteiger partial charge in [0.2, 0.25) is 5.91 Å². The van der Waals surface area contributed by atoms with E-state index in [9.17, 15) is 19.8 Å². The lowest BCUT2D eigenvalue weighted by Crippen LogP contribution is -2.46. The van der Waals surface area contributed by atoms with Gasteiger partial charge in [-0.3, -0.25) is 9.59 Å². The first-order valence-electron chi connectivity index (χ1n) is 25.9. The monoisotopic (exact) mass is 842 g/mol. The predicted molar refractivity (Wildman–Crippen MR) is 259 cm³/mol. The summed E-state index contributed by atoms with van der Waals surface area (Å²) in [6, 6.07) is -0.717. The quantitative estimate of drug-likeness (QED) is 0.0322. The first kappa shape index (κ1) is 57.8. The predicted octanol–water partition coefficient (Wildman–Crippen LogP) is 15.5. The molecule has 0 aromatic heterocycles. The Morgan fingerprint density at radius 3 is 1.33 bits per heavy atom. The molecule has 0 fully saturated rings. The van der Waals surface area contributed by atoms with Crippen LogP contribution in [0.3, 0.4) is 0 Å². The Morgan fingerprint density at radius 1 is 0.500 bits per heavy atom. The second kappa shape index (κ2) is 47.9. The van der Waals surface area contributed by atoms with Crippen molar-refractivity contribution in [1.82, 2.24) is 5.32 Å². The zero-order valence-corrected chi connectivity index (χ0v) is 39.8. The van der Waals surface area contributed by atoms with Crippen molar-refractivity contribution in [2.24, 2.45) is 0 Å². The third-order valence-corrected chi connectivity index (χ3v) is 11.7. The molecule has 1 amide bonds. The number of aliphatic hydroxyl groups excluding tert-OH is 2. The Morgan fingerprint density at radius 2 is 0.900 bits per heavy atom. The number of aliphatic hydroxyl groups is 2. The maximum Gasteiger partial charge on any atom is 0.306 e. The highest BCUT2D eigenvalue weighted by atomic mass is 16.5. The fraction of sp³-hybridized carbons (Fsp3) is 0.815. The van der Waals surface area contributed by atoms with Crippen LogP contribution in [0, 0.1) is 0 Å². The number of allylic oxidation sites excluding steroid dienone is 8. The van der Waals surface area contributed by atoms with Gasteiger partial charge in [0.1, 0.15) is 6.10 Å². The van der Waals surface area contributed by atoms with Crippen molar-refractivity contribution in [1.29, 1.82) is 0 Å². The third kappa shape index (κ3) is 42.5. The molecule has 0 aromatic carbocycles. The minimum absolute atomic E-state index is 0.0420. The zero-order chi connectivity index (χ0) is 43.8. The van der Waals surface area contributed by atoms with E-state index in [1.54, 1.807) is 0 Å². The molecule has 0 saturated carbocycles. The number of esters is 1. The van der Waals surface area contributed by atoms with Crippen molar-refractivity contribution >= 4 is 11.9 Å². The number of carbonyl (C=O) groups excluding carboxylic acids is 2. The summed E-state index contributed by atoms with van der Waals surface area (Å²) in [7, 11) is 0. The molecule has 0 radical (unpaired) electrons. The molecule has 0 aliphatic rings. The normalized spacial score (nSPS) is 13.6. The van der Waals surface area contributed by atoms with Gasteiger partial charge in [0.25, 0.3) is 0 Å². The first-order valence-corrected chi connectivity index (χ1v) is 25.9. The van der Waals surface area contributed by atoms with Crippen molar-refractivity contribution in [2.75, 3.05) is 6.61 Å². The van der Waals surface area contributed by atoms with Crippen LogP contribution in [-0.2, 0) is 14.3 Å². The van der Waals surface area contributed by atoms with E-state index in [0.29, 0.717) is 19.3 Å².